The number of hydrogen-bond donors (Lipinski definition) is 0. The third-order valence-electron chi connectivity index (χ3n) is 4.58. The first-order valence-electron chi connectivity index (χ1n) is 7.35. The van der Waals surface area contributed by atoms with Crippen LogP contribution in [0.3, 0.4) is 0 Å². The summed E-state index contributed by atoms with van der Waals surface area (Å²) < 4.78 is 13.4. The van der Waals surface area contributed by atoms with Crippen LogP contribution >= 0.6 is 0 Å². The van der Waals surface area contributed by atoms with Gasteiger partial charge in [-0.3, -0.25) is 9.59 Å². The Morgan fingerprint density at radius 2 is 2.05 bits per heavy atom. The number of benzene rings is 1. The van der Waals surface area contributed by atoms with Crippen molar-refractivity contribution in [2.75, 3.05) is 6.54 Å². The lowest BCUT2D eigenvalue weighted by atomic mass is 10.0. The van der Waals surface area contributed by atoms with Gasteiger partial charge in [0.1, 0.15) is 17.9 Å². The average molecular weight is 290 g/mol. The highest BCUT2D eigenvalue weighted by Crippen LogP contribution is 2.28. The molecule has 2 fully saturated rings. The van der Waals surface area contributed by atoms with Crippen LogP contribution in [0.4, 0.5) is 4.39 Å². The topological polar surface area (TPSA) is 40.6 Å². The van der Waals surface area contributed by atoms with Crippen LogP contribution in [0.25, 0.3) is 0 Å². The van der Waals surface area contributed by atoms with Gasteiger partial charge in [-0.2, -0.15) is 0 Å². The minimum Gasteiger partial charge on any atom is -0.329 e. The van der Waals surface area contributed by atoms with Crippen LogP contribution in [0.15, 0.2) is 18.2 Å². The Bertz CT molecular complexity index is 602. The summed E-state index contributed by atoms with van der Waals surface area (Å²) >= 11 is 0. The summed E-state index contributed by atoms with van der Waals surface area (Å²) in [6.45, 7) is 4.60. The fourth-order valence-electron chi connectivity index (χ4n) is 3.25. The normalized spacial score (nSPS) is 25.5. The fraction of sp³-hybridized carbons (Fsp3) is 0.500. The molecule has 4 nitrogen and oxygen atoms in total. The van der Waals surface area contributed by atoms with Gasteiger partial charge in [-0.05, 0) is 49.9 Å². The molecule has 0 unspecified atom stereocenters. The maximum atomic E-state index is 13.4. The molecule has 5 heteroatoms. The quantitative estimate of drug-likeness (QED) is 0.834. The van der Waals surface area contributed by atoms with Gasteiger partial charge in [-0.1, -0.05) is 6.07 Å². The van der Waals surface area contributed by atoms with Gasteiger partial charge in [0, 0.05) is 13.1 Å². The van der Waals surface area contributed by atoms with Gasteiger partial charge in [0.15, 0.2) is 0 Å². The number of hydrogen-bond acceptors (Lipinski definition) is 2. The summed E-state index contributed by atoms with van der Waals surface area (Å²) in [4.78, 5) is 28.3. The molecule has 0 bridgehead atoms. The molecule has 1 aromatic carbocycles. The Morgan fingerprint density at radius 1 is 1.29 bits per heavy atom. The molecular formula is C16H19FN2O2. The minimum absolute atomic E-state index is 0.00570. The first-order valence-corrected chi connectivity index (χ1v) is 7.35. The molecule has 0 aromatic heterocycles. The van der Waals surface area contributed by atoms with Gasteiger partial charge in [-0.25, -0.2) is 4.39 Å². The van der Waals surface area contributed by atoms with Crippen molar-refractivity contribution in [3.05, 3.63) is 35.1 Å². The van der Waals surface area contributed by atoms with E-state index in [0.717, 1.165) is 24.0 Å². The Labute approximate surface area is 123 Å². The second-order valence-electron chi connectivity index (χ2n) is 5.90. The molecule has 0 aliphatic carbocycles. The molecule has 2 aliphatic heterocycles. The zero-order valence-corrected chi connectivity index (χ0v) is 12.3. The van der Waals surface area contributed by atoms with Crippen LogP contribution in [0.2, 0.25) is 0 Å². The van der Waals surface area contributed by atoms with E-state index in [1.165, 1.54) is 12.1 Å². The van der Waals surface area contributed by atoms with Crippen LogP contribution in [-0.4, -0.2) is 40.2 Å². The first kappa shape index (κ1) is 14.0. The third-order valence-corrected chi connectivity index (χ3v) is 4.58. The summed E-state index contributed by atoms with van der Waals surface area (Å²) in [6.07, 6.45) is 1.61. The Hall–Kier alpha value is -1.91. The van der Waals surface area contributed by atoms with E-state index < -0.39 is 6.04 Å². The monoisotopic (exact) mass is 290 g/mol. The van der Waals surface area contributed by atoms with Crippen molar-refractivity contribution in [3.8, 4) is 0 Å². The predicted octanol–water partition coefficient (Wildman–Crippen LogP) is 1.86. The van der Waals surface area contributed by atoms with Crippen molar-refractivity contribution >= 4 is 11.8 Å². The van der Waals surface area contributed by atoms with Gasteiger partial charge < -0.3 is 9.80 Å². The summed E-state index contributed by atoms with van der Waals surface area (Å²) in [5, 5.41) is 0. The zero-order chi connectivity index (χ0) is 15.1. The Morgan fingerprint density at radius 3 is 2.81 bits per heavy atom. The number of aryl methyl sites for hydroxylation is 1. The van der Waals surface area contributed by atoms with E-state index in [2.05, 4.69) is 0 Å². The smallest absolute Gasteiger partial charge is 0.246 e. The lowest BCUT2D eigenvalue weighted by molar-refractivity contribution is -0.159. The van der Waals surface area contributed by atoms with Crippen molar-refractivity contribution in [1.29, 1.82) is 0 Å². The van der Waals surface area contributed by atoms with E-state index >= 15 is 0 Å². The number of halogens is 1. The molecule has 112 valence electrons. The van der Waals surface area contributed by atoms with Gasteiger partial charge in [0.05, 0.1) is 0 Å². The first-order chi connectivity index (χ1) is 9.99. The Balaban J connectivity index is 1.88. The number of carbonyl (C=O) groups excluding carboxylic acids is 2. The summed E-state index contributed by atoms with van der Waals surface area (Å²) in [6, 6.07) is 3.76. The van der Waals surface area contributed by atoms with Crippen LogP contribution in [0.5, 0.6) is 0 Å². The van der Waals surface area contributed by atoms with Crippen molar-refractivity contribution in [2.24, 2.45) is 0 Å². The number of piperazine rings is 1. The molecule has 2 atom stereocenters. The molecule has 0 spiro atoms. The van der Waals surface area contributed by atoms with Crippen molar-refractivity contribution < 1.29 is 14.0 Å². The number of nitrogens with zero attached hydrogens (tertiary/aromatic N) is 2. The summed E-state index contributed by atoms with van der Waals surface area (Å²) in [5.41, 5.74) is 1.69. The molecule has 21 heavy (non-hydrogen) atoms. The van der Waals surface area contributed by atoms with Crippen molar-refractivity contribution in [2.45, 2.75) is 45.3 Å². The minimum atomic E-state index is -0.477. The van der Waals surface area contributed by atoms with E-state index in [0.29, 0.717) is 13.1 Å². The third kappa shape index (κ3) is 2.30. The second kappa shape index (κ2) is 5.13. The number of amides is 2. The molecule has 1 aromatic rings. The molecule has 0 N–H and O–H groups in total. The zero-order valence-electron chi connectivity index (χ0n) is 12.3. The number of fused-ring (bicyclic) bond motifs is 1. The molecule has 0 saturated carbocycles. The molecule has 2 heterocycles. The maximum Gasteiger partial charge on any atom is 0.246 e. The molecule has 2 amide bonds. The number of rotatable bonds is 2. The fourth-order valence-corrected chi connectivity index (χ4v) is 3.25. The molecular weight excluding hydrogens is 271 g/mol. The largest absolute Gasteiger partial charge is 0.329 e. The van der Waals surface area contributed by atoms with E-state index in [1.807, 2.05) is 6.92 Å². The molecule has 3 rings (SSSR count). The highest BCUT2D eigenvalue weighted by atomic mass is 19.1. The van der Waals surface area contributed by atoms with Gasteiger partial charge >= 0.3 is 0 Å². The van der Waals surface area contributed by atoms with E-state index in [1.54, 1.807) is 22.8 Å². The van der Waals surface area contributed by atoms with Gasteiger partial charge in [0.2, 0.25) is 11.8 Å². The van der Waals surface area contributed by atoms with Crippen LogP contribution in [0, 0.1) is 12.7 Å². The van der Waals surface area contributed by atoms with Crippen LogP contribution in [0.1, 0.15) is 30.9 Å². The SMILES string of the molecule is Cc1ccc(F)cc1CN1C(=O)[C@H]2CCCN2C(=O)[C@@H]1C. The summed E-state index contributed by atoms with van der Waals surface area (Å²) in [5.74, 6) is -0.323. The van der Waals surface area contributed by atoms with E-state index in [-0.39, 0.29) is 23.7 Å². The van der Waals surface area contributed by atoms with Crippen molar-refractivity contribution in [1.82, 2.24) is 9.80 Å². The van der Waals surface area contributed by atoms with Gasteiger partial charge in [-0.15, -0.1) is 0 Å². The van der Waals surface area contributed by atoms with Crippen LogP contribution < -0.4 is 0 Å². The Kier molecular flexibility index (Phi) is 3.43. The lowest BCUT2D eigenvalue weighted by Gasteiger charge is -2.41. The summed E-state index contributed by atoms with van der Waals surface area (Å²) in [7, 11) is 0. The maximum absolute atomic E-state index is 13.4. The number of carbonyl (C=O) groups is 2. The second-order valence-corrected chi connectivity index (χ2v) is 5.90. The average Bonchev–Trinajstić information content (AvgIpc) is 2.94. The van der Waals surface area contributed by atoms with Gasteiger partial charge in [0.25, 0.3) is 0 Å². The molecule has 2 saturated heterocycles. The predicted molar refractivity (Wildman–Crippen MR) is 75.9 cm³/mol. The highest BCUT2D eigenvalue weighted by molar-refractivity contribution is 5.97. The molecule has 2 aliphatic rings. The van der Waals surface area contributed by atoms with E-state index in [4.69, 9.17) is 0 Å². The lowest BCUT2D eigenvalue weighted by Crippen LogP contribution is -2.61. The standard InChI is InChI=1S/C16H19FN2O2/c1-10-5-6-13(17)8-12(10)9-19-11(2)15(20)18-7-3-4-14(18)16(19)21/h5-6,8,11,14H,3-4,7,9H2,1-2H3/t11-,14+/m0/s1. The van der Waals surface area contributed by atoms with Crippen LogP contribution in [-0.2, 0) is 16.1 Å². The highest BCUT2D eigenvalue weighted by Gasteiger charge is 2.45. The van der Waals surface area contributed by atoms with E-state index in [9.17, 15) is 14.0 Å². The van der Waals surface area contributed by atoms with Crippen molar-refractivity contribution in [3.63, 3.8) is 0 Å². The molecule has 0 radical (unpaired) electrons.